The van der Waals surface area contributed by atoms with Crippen molar-refractivity contribution in [1.29, 1.82) is 0 Å². The van der Waals surface area contributed by atoms with E-state index in [1.54, 1.807) is 73.2 Å². The highest BCUT2D eigenvalue weighted by molar-refractivity contribution is 8.18. The molecular formula is C30H22Cl2N4O4S. The number of nitrogens with zero attached hydrogens (tertiary/aromatic N) is 3. The van der Waals surface area contributed by atoms with Crippen LogP contribution in [-0.4, -0.2) is 34.7 Å². The van der Waals surface area contributed by atoms with E-state index in [0.717, 1.165) is 17.3 Å². The summed E-state index contributed by atoms with van der Waals surface area (Å²) < 4.78 is 11.3. The molecule has 11 heteroatoms. The number of rotatable bonds is 9. The van der Waals surface area contributed by atoms with Crippen molar-refractivity contribution in [3.63, 3.8) is 0 Å². The van der Waals surface area contributed by atoms with Gasteiger partial charge in [-0.25, -0.2) is 0 Å². The van der Waals surface area contributed by atoms with Crippen molar-refractivity contribution >= 4 is 69.9 Å². The molecule has 0 saturated carbocycles. The van der Waals surface area contributed by atoms with E-state index in [0.29, 0.717) is 42.9 Å². The Bertz CT molecular complexity index is 1620. The average Bonchev–Trinajstić information content (AvgIpc) is 3.59. The zero-order valence-electron chi connectivity index (χ0n) is 21.4. The molecule has 2 amide bonds. The van der Waals surface area contributed by atoms with Gasteiger partial charge in [0.1, 0.15) is 11.5 Å². The number of hydrogen-bond acceptors (Lipinski definition) is 7. The lowest BCUT2D eigenvalue weighted by molar-refractivity contribution is -0.122. The number of amidine groups is 1. The normalized spacial score (nSPS) is 15.3. The van der Waals surface area contributed by atoms with Gasteiger partial charge in [-0.2, -0.15) is 5.10 Å². The number of anilines is 1. The smallest absolute Gasteiger partial charge is 0.267 e. The monoisotopic (exact) mass is 604 g/mol. The zero-order valence-corrected chi connectivity index (χ0v) is 23.7. The van der Waals surface area contributed by atoms with Gasteiger partial charge in [0.05, 0.1) is 23.9 Å². The summed E-state index contributed by atoms with van der Waals surface area (Å²) >= 11 is 13.3. The number of carbonyl (C=O) groups excluding carboxylic acids is 2. The number of furan rings is 1. The lowest BCUT2D eigenvalue weighted by atomic mass is 10.2. The Hall–Kier alpha value is -4.31. The number of carbonyl (C=O) groups is 2. The Kier molecular flexibility index (Phi) is 9.20. The quantitative estimate of drug-likeness (QED) is 0.125. The summed E-state index contributed by atoms with van der Waals surface area (Å²) in [6.45, 7) is -0.0767. The molecule has 0 bridgehead atoms. The lowest BCUT2D eigenvalue weighted by Crippen LogP contribution is -2.28. The molecule has 1 aliphatic heterocycles. The van der Waals surface area contributed by atoms with Crippen LogP contribution in [0.4, 0.5) is 5.69 Å². The third-order valence-corrected chi connectivity index (χ3v) is 7.16. The van der Waals surface area contributed by atoms with Crippen LogP contribution in [0.3, 0.4) is 0 Å². The molecule has 0 unspecified atom stereocenters. The molecule has 4 aromatic rings. The topological polar surface area (TPSA) is 96.5 Å². The number of ether oxygens (including phenoxy) is 1. The summed E-state index contributed by atoms with van der Waals surface area (Å²) in [5.41, 5.74) is 1.99. The maximum absolute atomic E-state index is 13.5. The van der Waals surface area contributed by atoms with Crippen molar-refractivity contribution in [2.45, 2.75) is 6.54 Å². The molecule has 206 valence electrons. The Balaban J connectivity index is 1.36. The van der Waals surface area contributed by atoms with E-state index in [-0.39, 0.29) is 25.0 Å². The molecule has 1 fully saturated rings. The molecule has 1 N–H and O–H groups in total. The first-order valence-electron chi connectivity index (χ1n) is 12.3. The van der Waals surface area contributed by atoms with Gasteiger partial charge in [-0.1, -0.05) is 53.5 Å². The third kappa shape index (κ3) is 7.67. The Labute approximate surface area is 250 Å². The predicted molar refractivity (Wildman–Crippen MR) is 163 cm³/mol. The highest BCUT2D eigenvalue weighted by Gasteiger charge is 2.34. The summed E-state index contributed by atoms with van der Waals surface area (Å²) in [7, 11) is 0. The zero-order chi connectivity index (χ0) is 28.6. The average molecular weight is 606 g/mol. The Morgan fingerprint density at radius 3 is 2.54 bits per heavy atom. The summed E-state index contributed by atoms with van der Waals surface area (Å²) in [5, 5.41) is 12.7. The number of benzene rings is 3. The summed E-state index contributed by atoms with van der Waals surface area (Å²) in [6.07, 6.45) is 4.81. The number of amides is 2. The van der Waals surface area contributed by atoms with Crippen LogP contribution in [0.2, 0.25) is 10.0 Å². The summed E-state index contributed by atoms with van der Waals surface area (Å²) in [4.78, 5) is 27.8. The van der Waals surface area contributed by atoms with E-state index in [2.05, 4.69) is 15.5 Å². The van der Waals surface area contributed by atoms with E-state index < -0.39 is 0 Å². The maximum atomic E-state index is 13.5. The standard InChI is InChI=1S/C30H22Cl2N4O4S/c31-22-8-11-24(12-9-22)34-28(37)19-40-26-13-10-23(32)15-21(26)16-27-29(38)36(18-25-7-4-14-39-25)30(41-27)35-33-17-20-5-2-1-3-6-20/h1-17H,18-19H2,(H,34,37)/b27-16-,33-17-,35-30+. The highest BCUT2D eigenvalue weighted by atomic mass is 35.5. The minimum atomic E-state index is -0.359. The first kappa shape index (κ1) is 28.2. The van der Waals surface area contributed by atoms with Crippen LogP contribution >= 0.6 is 35.0 Å². The van der Waals surface area contributed by atoms with E-state index in [9.17, 15) is 9.59 Å². The first-order chi connectivity index (χ1) is 19.9. The van der Waals surface area contributed by atoms with Gasteiger partial charge in [0.25, 0.3) is 11.8 Å². The third-order valence-electron chi connectivity index (χ3n) is 5.68. The minimum Gasteiger partial charge on any atom is -0.483 e. The lowest BCUT2D eigenvalue weighted by Gasteiger charge is -2.13. The number of halogens is 2. The van der Waals surface area contributed by atoms with Crippen molar-refractivity contribution in [1.82, 2.24) is 4.90 Å². The number of hydrogen-bond donors (Lipinski definition) is 1. The van der Waals surface area contributed by atoms with E-state index in [1.807, 2.05) is 30.3 Å². The van der Waals surface area contributed by atoms with Gasteiger partial charge in [0.15, 0.2) is 11.8 Å². The van der Waals surface area contributed by atoms with Gasteiger partial charge in [-0.3, -0.25) is 14.5 Å². The molecule has 1 aromatic heterocycles. The molecule has 0 radical (unpaired) electrons. The van der Waals surface area contributed by atoms with Crippen molar-refractivity contribution in [2.75, 3.05) is 11.9 Å². The van der Waals surface area contributed by atoms with Gasteiger partial charge < -0.3 is 14.5 Å². The molecule has 0 spiro atoms. The van der Waals surface area contributed by atoms with Crippen molar-refractivity contribution in [2.24, 2.45) is 10.2 Å². The van der Waals surface area contributed by atoms with Crippen LogP contribution in [0, 0.1) is 0 Å². The summed E-state index contributed by atoms with van der Waals surface area (Å²) in [6, 6.07) is 24.7. The predicted octanol–water partition coefficient (Wildman–Crippen LogP) is 7.11. The van der Waals surface area contributed by atoms with E-state index in [4.69, 9.17) is 32.4 Å². The second-order valence-electron chi connectivity index (χ2n) is 8.65. The molecule has 5 rings (SSSR count). The highest BCUT2D eigenvalue weighted by Crippen LogP contribution is 2.36. The van der Waals surface area contributed by atoms with Gasteiger partial charge in [-0.15, -0.1) is 5.10 Å². The first-order valence-corrected chi connectivity index (χ1v) is 13.9. The SMILES string of the molecule is O=C(COc1ccc(Cl)cc1/C=C1\S/C(=N/N=C\c2ccccc2)N(Cc2ccco2)C1=O)Nc1ccc(Cl)cc1. The van der Waals surface area contributed by atoms with Gasteiger partial charge in [0, 0.05) is 21.3 Å². The Morgan fingerprint density at radius 1 is 1.00 bits per heavy atom. The van der Waals surface area contributed by atoms with Crippen LogP contribution in [-0.2, 0) is 16.1 Å². The molecule has 3 aromatic carbocycles. The van der Waals surface area contributed by atoms with Crippen molar-refractivity contribution in [3.8, 4) is 5.75 Å². The fourth-order valence-corrected chi connectivity index (χ4v) is 4.98. The maximum Gasteiger partial charge on any atom is 0.267 e. The largest absolute Gasteiger partial charge is 0.483 e. The van der Waals surface area contributed by atoms with Crippen LogP contribution in [0.5, 0.6) is 5.75 Å². The van der Waals surface area contributed by atoms with Crippen LogP contribution in [0.15, 0.2) is 111 Å². The molecule has 0 aliphatic carbocycles. The van der Waals surface area contributed by atoms with Gasteiger partial charge >= 0.3 is 0 Å². The van der Waals surface area contributed by atoms with Crippen LogP contribution in [0.1, 0.15) is 16.9 Å². The molecule has 8 nitrogen and oxygen atoms in total. The minimum absolute atomic E-state index is 0.180. The fourth-order valence-electron chi connectivity index (χ4n) is 3.74. The van der Waals surface area contributed by atoms with Gasteiger partial charge in [-0.05, 0) is 78.0 Å². The second-order valence-corrected chi connectivity index (χ2v) is 10.5. The molecule has 0 atom stereocenters. The van der Waals surface area contributed by atoms with Crippen molar-refractivity contribution < 1.29 is 18.7 Å². The molecule has 1 saturated heterocycles. The van der Waals surface area contributed by atoms with E-state index >= 15 is 0 Å². The molecule has 1 aliphatic rings. The molecular weight excluding hydrogens is 583 g/mol. The second kappa shape index (κ2) is 13.4. The van der Waals surface area contributed by atoms with Crippen molar-refractivity contribution in [3.05, 3.63) is 123 Å². The molecule has 2 heterocycles. The van der Waals surface area contributed by atoms with Crippen LogP contribution < -0.4 is 10.1 Å². The summed E-state index contributed by atoms with van der Waals surface area (Å²) in [5.74, 6) is 0.332. The number of thioether (sulfide) groups is 1. The Morgan fingerprint density at radius 2 is 1.78 bits per heavy atom. The number of nitrogens with one attached hydrogen (secondary N) is 1. The van der Waals surface area contributed by atoms with Crippen LogP contribution in [0.25, 0.3) is 6.08 Å². The van der Waals surface area contributed by atoms with E-state index in [1.165, 1.54) is 4.90 Å². The van der Waals surface area contributed by atoms with Gasteiger partial charge in [0.2, 0.25) is 0 Å². The molecule has 41 heavy (non-hydrogen) atoms. The fraction of sp³-hybridized carbons (Fsp3) is 0.0667.